The largest absolute Gasteiger partial charge is 0.399 e. The third-order valence-electron chi connectivity index (χ3n) is 3.00. The van der Waals surface area contributed by atoms with Crippen molar-refractivity contribution < 1.29 is 4.79 Å². The molecule has 1 aromatic rings. The highest BCUT2D eigenvalue weighted by Crippen LogP contribution is 2.17. The number of amides is 1. The predicted octanol–water partition coefficient (Wildman–Crippen LogP) is 2.16. The molecule has 1 aromatic carbocycles. The van der Waals surface area contributed by atoms with Gasteiger partial charge in [0.1, 0.15) is 0 Å². The zero-order valence-electron chi connectivity index (χ0n) is 10.1. The minimum absolute atomic E-state index is 0.123. The fraction of sp³-hybridized carbons (Fsp3) is 0.462. The van der Waals surface area contributed by atoms with Gasteiger partial charge in [-0.1, -0.05) is 6.07 Å². The van der Waals surface area contributed by atoms with Crippen LogP contribution in [0.1, 0.15) is 22.3 Å². The van der Waals surface area contributed by atoms with Crippen LogP contribution < -0.4 is 5.73 Å². The standard InChI is InChI=1S/C13H18N2OS/c1-10-3-4-11(14)9-12(10)13(16)15-5-2-7-17-8-6-15/h3-4,9H,2,5-8,14H2,1H3. The first-order valence-corrected chi connectivity index (χ1v) is 7.07. The molecule has 0 radical (unpaired) electrons. The molecule has 92 valence electrons. The maximum Gasteiger partial charge on any atom is 0.254 e. The van der Waals surface area contributed by atoms with Gasteiger partial charge in [0.05, 0.1) is 0 Å². The average molecular weight is 250 g/mol. The Morgan fingerprint density at radius 3 is 3.00 bits per heavy atom. The van der Waals surface area contributed by atoms with E-state index in [0.29, 0.717) is 5.69 Å². The molecule has 0 unspecified atom stereocenters. The van der Waals surface area contributed by atoms with Gasteiger partial charge in [-0.25, -0.2) is 0 Å². The molecule has 0 bridgehead atoms. The van der Waals surface area contributed by atoms with Gasteiger partial charge in [0.25, 0.3) is 5.91 Å². The van der Waals surface area contributed by atoms with Crippen molar-refractivity contribution in [3.63, 3.8) is 0 Å². The van der Waals surface area contributed by atoms with Crippen LogP contribution in [0.25, 0.3) is 0 Å². The lowest BCUT2D eigenvalue weighted by molar-refractivity contribution is 0.0768. The molecule has 4 heteroatoms. The van der Waals surface area contributed by atoms with Crippen LogP contribution in [-0.4, -0.2) is 35.4 Å². The first-order chi connectivity index (χ1) is 8.18. The Morgan fingerprint density at radius 1 is 1.35 bits per heavy atom. The van der Waals surface area contributed by atoms with Crippen molar-refractivity contribution in [1.29, 1.82) is 0 Å². The Hall–Kier alpha value is -1.16. The summed E-state index contributed by atoms with van der Waals surface area (Å²) in [4.78, 5) is 14.3. The van der Waals surface area contributed by atoms with E-state index in [4.69, 9.17) is 5.73 Å². The molecule has 0 atom stereocenters. The molecule has 2 N–H and O–H groups in total. The fourth-order valence-corrected chi connectivity index (χ4v) is 2.88. The van der Waals surface area contributed by atoms with Crippen LogP contribution in [0.3, 0.4) is 0 Å². The molecular formula is C13H18N2OS. The number of thioether (sulfide) groups is 1. The van der Waals surface area contributed by atoms with E-state index in [0.717, 1.165) is 42.1 Å². The molecule has 17 heavy (non-hydrogen) atoms. The van der Waals surface area contributed by atoms with Gasteiger partial charge in [0, 0.05) is 30.1 Å². The van der Waals surface area contributed by atoms with Crippen LogP contribution in [0.5, 0.6) is 0 Å². The number of hydrogen-bond acceptors (Lipinski definition) is 3. The van der Waals surface area contributed by atoms with Gasteiger partial charge >= 0.3 is 0 Å². The Balaban J connectivity index is 2.20. The highest BCUT2D eigenvalue weighted by Gasteiger charge is 2.18. The lowest BCUT2D eigenvalue weighted by atomic mass is 10.1. The predicted molar refractivity (Wildman–Crippen MR) is 73.4 cm³/mol. The molecule has 2 rings (SSSR count). The molecule has 1 aliphatic rings. The lowest BCUT2D eigenvalue weighted by Crippen LogP contribution is -2.33. The van der Waals surface area contributed by atoms with Gasteiger partial charge in [-0.3, -0.25) is 4.79 Å². The Morgan fingerprint density at radius 2 is 2.18 bits per heavy atom. The normalized spacial score (nSPS) is 16.6. The summed E-state index contributed by atoms with van der Waals surface area (Å²) in [7, 11) is 0. The van der Waals surface area contributed by atoms with E-state index < -0.39 is 0 Å². The Bertz CT molecular complexity index is 412. The minimum atomic E-state index is 0.123. The van der Waals surface area contributed by atoms with E-state index in [2.05, 4.69) is 0 Å². The van der Waals surface area contributed by atoms with Crippen molar-refractivity contribution in [2.45, 2.75) is 13.3 Å². The van der Waals surface area contributed by atoms with Crippen molar-refractivity contribution in [2.24, 2.45) is 0 Å². The van der Waals surface area contributed by atoms with Gasteiger partial charge < -0.3 is 10.6 Å². The van der Waals surface area contributed by atoms with Gasteiger partial charge in [-0.2, -0.15) is 11.8 Å². The summed E-state index contributed by atoms with van der Waals surface area (Å²) in [6.07, 6.45) is 1.08. The van der Waals surface area contributed by atoms with E-state index in [1.807, 2.05) is 35.7 Å². The second kappa shape index (κ2) is 5.45. The maximum absolute atomic E-state index is 12.4. The van der Waals surface area contributed by atoms with Gasteiger partial charge in [-0.05, 0) is 36.8 Å². The number of aryl methyl sites for hydroxylation is 1. The molecule has 0 spiro atoms. The molecule has 0 aliphatic carbocycles. The van der Waals surface area contributed by atoms with Crippen LogP contribution in [0.15, 0.2) is 18.2 Å². The molecule has 1 aliphatic heterocycles. The van der Waals surface area contributed by atoms with Crippen molar-refractivity contribution in [1.82, 2.24) is 4.90 Å². The number of nitrogens with two attached hydrogens (primary N) is 1. The maximum atomic E-state index is 12.4. The van der Waals surface area contributed by atoms with Crippen LogP contribution in [0, 0.1) is 6.92 Å². The second-order valence-electron chi connectivity index (χ2n) is 4.33. The molecule has 0 saturated carbocycles. The number of rotatable bonds is 1. The zero-order chi connectivity index (χ0) is 12.3. The molecule has 1 heterocycles. The molecule has 3 nitrogen and oxygen atoms in total. The molecule has 1 amide bonds. The third-order valence-corrected chi connectivity index (χ3v) is 4.05. The van der Waals surface area contributed by atoms with Crippen molar-refractivity contribution in [3.05, 3.63) is 29.3 Å². The van der Waals surface area contributed by atoms with E-state index >= 15 is 0 Å². The molecule has 0 aromatic heterocycles. The Labute approximate surface area is 106 Å². The SMILES string of the molecule is Cc1ccc(N)cc1C(=O)N1CCCSCC1. The molecule has 1 fully saturated rings. The summed E-state index contributed by atoms with van der Waals surface area (Å²) in [5, 5.41) is 0. The van der Waals surface area contributed by atoms with Crippen LogP contribution in [0.2, 0.25) is 0 Å². The summed E-state index contributed by atoms with van der Waals surface area (Å²) >= 11 is 1.92. The fourth-order valence-electron chi connectivity index (χ4n) is 1.99. The van der Waals surface area contributed by atoms with Gasteiger partial charge in [0.2, 0.25) is 0 Å². The minimum Gasteiger partial charge on any atom is -0.399 e. The summed E-state index contributed by atoms with van der Waals surface area (Å²) < 4.78 is 0. The number of nitrogens with zero attached hydrogens (tertiary/aromatic N) is 1. The Kier molecular flexibility index (Phi) is 3.94. The first-order valence-electron chi connectivity index (χ1n) is 5.91. The molecular weight excluding hydrogens is 232 g/mol. The van der Waals surface area contributed by atoms with Crippen molar-refractivity contribution in [3.8, 4) is 0 Å². The second-order valence-corrected chi connectivity index (χ2v) is 5.56. The van der Waals surface area contributed by atoms with Gasteiger partial charge in [0.15, 0.2) is 0 Å². The number of carbonyl (C=O) groups excluding carboxylic acids is 1. The van der Waals surface area contributed by atoms with E-state index in [1.165, 1.54) is 0 Å². The summed E-state index contributed by atoms with van der Waals surface area (Å²) in [6.45, 7) is 3.66. The first kappa shape index (κ1) is 12.3. The third kappa shape index (κ3) is 2.94. The number of carbonyl (C=O) groups is 1. The number of hydrogen-bond donors (Lipinski definition) is 1. The summed E-state index contributed by atoms with van der Waals surface area (Å²) in [5.41, 5.74) is 8.15. The number of benzene rings is 1. The number of nitrogen functional groups attached to an aromatic ring is 1. The van der Waals surface area contributed by atoms with E-state index in [-0.39, 0.29) is 5.91 Å². The highest BCUT2D eigenvalue weighted by molar-refractivity contribution is 7.99. The van der Waals surface area contributed by atoms with Gasteiger partial charge in [-0.15, -0.1) is 0 Å². The molecule has 1 saturated heterocycles. The topological polar surface area (TPSA) is 46.3 Å². The summed E-state index contributed by atoms with van der Waals surface area (Å²) in [5.74, 6) is 2.31. The van der Waals surface area contributed by atoms with Crippen LogP contribution in [-0.2, 0) is 0 Å². The van der Waals surface area contributed by atoms with Crippen LogP contribution >= 0.6 is 11.8 Å². The average Bonchev–Trinajstić information content (AvgIpc) is 2.60. The lowest BCUT2D eigenvalue weighted by Gasteiger charge is -2.21. The smallest absolute Gasteiger partial charge is 0.254 e. The summed E-state index contributed by atoms with van der Waals surface area (Å²) in [6, 6.07) is 5.54. The monoisotopic (exact) mass is 250 g/mol. The van der Waals surface area contributed by atoms with Crippen LogP contribution in [0.4, 0.5) is 5.69 Å². The number of anilines is 1. The van der Waals surface area contributed by atoms with E-state index in [1.54, 1.807) is 6.07 Å². The zero-order valence-corrected chi connectivity index (χ0v) is 10.9. The highest BCUT2D eigenvalue weighted by atomic mass is 32.2. The quantitative estimate of drug-likeness (QED) is 0.777. The van der Waals surface area contributed by atoms with E-state index in [9.17, 15) is 4.79 Å². The van der Waals surface area contributed by atoms with Crippen molar-refractivity contribution >= 4 is 23.4 Å². The van der Waals surface area contributed by atoms with Crippen molar-refractivity contribution in [2.75, 3.05) is 30.3 Å².